The molecular formula is C14H24N2. The maximum atomic E-state index is 5.91. The fraction of sp³-hybridized carbons (Fsp3) is 0.571. The molecule has 0 amide bonds. The molecule has 1 rings (SSSR count). The van der Waals surface area contributed by atoms with E-state index in [-0.39, 0.29) is 6.04 Å². The molecule has 1 aromatic carbocycles. The van der Waals surface area contributed by atoms with Crippen LogP contribution in [0.25, 0.3) is 0 Å². The van der Waals surface area contributed by atoms with Gasteiger partial charge in [0, 0.05) is 19.1 Å². The lowest BCUT2D eigenvalue weighted by Gasteiger charge is -2.26. The number of rotatable bonds is 6. The fourth-order valence-electron chi connectivity index (χ4n) is 1.72. The van der Waals surface area contributed by atoms with Crippen LogP contribution in [0, 0.1) is 5.92 Å². The van der Waals surface area contributed by atoms with Gasteiger partial charge >= 0.3 is 0 Å². The van der Waals surface area contributed by atoms with E-state index in [0.29, 0.717) is 5.92 Å². The monoisotopic (exact) mass is 220 g/mol. The Morgan fingerprint density at radius 3 is 2.31 bits per heavy atom. The van der Waals surface area contributed by atoms with Crippen LogP contribution in [0.15, 0.2) is 30.3 Å². The summed E-state index contributed by atoms with van der Waals surface area (Å²) in [6, 6.07) is 10.9. The molecule has 0 aliphatic carbocycles. The zero-order chi connectivity index (χ0) is 12.0. The minimum absolute atomic E-state index is 0.268. The second-order valence-corrected chi connectivity index (χ2v) is 4.65. The Bertz CT molecular complexity index is 282. The minimum atomic E-state index is 0.268. The summed E-state index contributed by atoms with van der Waals surface area (Å²) < 4.78 is 0. The highest BCUT2D eigenvalue weighted by Crippen LogP contribution is 2.08. The van der Waals surface area contributed by atoms with E-state index < -0.39 is 0 Å². The van der Waals surface area contributed by atoms with Gasteiger partial charge in [-0.25, -0.2) is 0 Å². The lowest BCUT2D eigenvalue weighted by atomic mass is 10.0. The number of nitrogens with zero attached hydrogens (tertiary/aromatic N) is 1. The van der Waals surface area contributed by atoms with Crippen molar-refractivity contribution in [3.8, 4) is 0 Å². The van der Waals surface area contributed by atoms with Crippen LogP contribution in [-0.4, -0.2) is 24.0 Å². The smallest absolute Gasteiger partial charge is 0.0233 e. The van der Waals surface area contributed by atoms with Crippen LogP contribution < -0.4 is 5.73 Å². The van der Waals surface area contributed by atoms with Crippen LogP contribution in [0.2, 0.25) is 0 Å². The molecule has 16 heavy (non-hydrogen) atoms. The molecule has 0 fully saturated rings. The third kappa shape index (κ3) is 4.33. The molecular weight excluding hydrogens is 196 g/mol. The molecule has 0 aliphatic heterocycles. The predicted octanol–water partition coefficient (Wildman–Crippen LogP) is 2.49. The number of benzene rings is 1. The Morgan fingerprint density at radius 2 is 1.81 bits per heavy atom. The van der Waals surface area contributed by atoms with Crippen LogP contribution in [0.4, 0.5) is 0 Å². The second-order valence-electron chi connectivity index (χ2n) is 4.65. The largest absolute Gasteiger partial charge is 0.328 e. The van der Waals surface area contributed by atoms with Gasteiger partial charge in [0.25, 0.3) is 0 Å². The van der Waals surface area contributed by atoms with Gasteiger partial charge in [-0.1, -0.05) is 44.2 Å². The van der Waals surface area contributed by atoms with E-state index in [4.69, 9.17) is 5.73 Å². The van der Waals surface area contributed by atoms with Crippen LogP contribution in [0.3, 0.4) is 0 Å². The summed E-state index contributed by atoms with van der Waals surface area (Å²) in [6.45, 7) is 9.68. The second kappa shape index (κ2) is 6.66. The number of hydrogen-bond donors (Lipinski definition) is 1. The first-order chi connectivity index (χ1) is 7.63. The number of nitrogens with two attached hydrogens (primary N) is 1. The van der Waals surface area contributed by atoms with E-state index in [2.05, 4.69) is 56.0 Å². The Balaban J connectivity index is 2.49. The fourth-order valence-corrected chi connectivity index (χ4v) is 1.72. The average molecular weight is 220 g/mol. The molecule has 0 aliphatic rings. The molecule has 0 bridgehead atoms. The van der Waals surface area contributed by atoms with E-state index >= 15 is 0 Å². The number of hydrogen-bond acceptors (Lipinski definition) is 2. The molecule has 90 valence electrons. The van der Waals surface area contributed by atoms with Crippen molar-refractivity contribution in [1.82, 2.24) is 4.90 Å². The normalized spacial score (nSPS) is 15.1. The Morgan fingerprint density at radius 1 is 1.19 bits per heavy atom. The summed E-state index contributed by atoms with van der Waals surface area (Å²) in [7, 11) is 0. The molecule has 2 nitrogen and oxygen atoms in total. The van der Waals surface area contributed by atoms with Crippen molar-refractivity contribution in [2.24, 2.45) is 11.7 Å². The van der Waals surface area contributed by atoms with Gasteiger partial charge in [0.2, 0.25) is 0 Å². The predicted molar refractivity (Wildman–Crippen MR) is 70.2 cm³/mol. The van der Waals surface area contributed by atoms with E-state index in [1.807, 2.05) is 0 Å². The Labute approximate surface area is 99.5 Å². The Kier molecular flexibility index (Phi) is 5.50. The summed E-state index contributed by atoms with van der Waals surface area (Å²) in [5.74, 6) is 0.545. The van der Waals surface area contributed by atoms with Gasteiger partial charge < -0.3 is 5.73 Å². The van der Waals surface area contributed by atoms with Gasteiger partial charge in [-0.2, -0.15) is 0 Å². The van der Waals surface area contributed by atoms with Crippen LogP contribution in [0.5, 0.6) is 0 Å². The quantitative estimate of drug-likeness (QED) is 0.798. The van der Waals surface area contributed by atoms with E-state index in [0.717, 1.165) is 19.6 Å². The standard InChI is InChI=1S/C14H24N2/c1-4-16(10-12(2)13(3)15)11-14-8-6-5-7-9-14/h5-9,12-13H,4,10-11,15H2,1-3H3. The van der Waals surface area contributed by atoms with Crippen molar-refractivity contribution in [2.75, 3.05) is 13.1 Å². The molecule has 0 heterocycles. The molecule has 0 radical (unpaired) electrons. The molecule has 2 unspecified atom stereocenters. The maximum Gasteiger partial charge on any atom is 0.0233 e. The summed E-state index contributed by atoms with van der Waals surface area (Å²) in [6.07, 6.45) is 0. The average Bonchev–Trinajstić information content (AvgIpc) is 2.29. The van der Waals surface area contributed by atoms with Gasteiger partial charge in [-0.05, 0) is 24.9 Å². The van der Waals surface area contributed by atoms with E-state index in [1.54, 1.807) is 0 Å². The van der Waals surface area contributed by atoms with Crippen molar-refractivity contribution < 1.29 is 0 Å². The minimum Gasteiger partial charge on any atom is -0.328 e. The summed E-state index contributed by atoms with van der Waals surface area (Å²) in [4.78, 5) is 2.45. The third-order valence-corrected chi connectivity index (χ3v) is 3.14. The maximum absolute atomic E-state index is 5.91. The highest BCUT2D eigenvalue weighted by Gasteiger charge is 2.12. The van der Waals surface area contributed by atoms with Crippen molar-refractivity contribution in [2.45, 2.75) is 33.4 Å². The van der Waals surface area contributed by atoms with Gasteiger partial charge in [0.15, 0.2) is 0 Å². The van der Waals surface area contributed by atoms with Crippen LogP contribution in [-0.2, 0) is 6.54 Å². The molecule has 0 saturated heterocycles. The molecule has 2 heteroatoms. The van der Waals surface area contributed by atoms with Crippen molar-refractivity contribution in [1.29, 1.82) is 0 Å². The van der Waals surface area contributed by atoms with Gasteiger partial charge in [-0.3, -0.25) is 4.90 Å². The molecule has 0 saturated carbocycles. The summed E-state index contributed by atoms with van der Waals surface area (Å²) in [5, 5.41) is 0. The van der Waals surface area contributed by atoms with Gasteiger partial charge in [-0.15, -0.1) is 0 Å². The zero-order valence-corrected chi connectivity index (χ0v) is 10.7. The van der Waals surface area contributed by atoms with Crippen molar-refractivity contribution in [3.63, 3.8) is 0 Å². The van der Waals surface area contributed by atoms with E-state index in [9.17, 15) is 0 Å². The summed E-state index contributed by atoms with van der Waals surface area (Å²) in [5.41, 5.74) is 7.28. The third-order valence-electron chi connectivity index (χ3n) is 3.14. The molecule has 1 aromatic rings. The lowest BCUT2D eigenvalue weighted by Crippen LogP contribution is -2.35. The first kappa shape index (κ1) is 13.2. The van der Waals surface area contributed by atoms with Crippen LogP contribution >= 0.6 is 0 Å². The van der Waals surface area contributed by atoms with Crippen LogP contribution in [0.1, 0.15) is 26.3 Å². The molecule has 2 N–H and O–H groups in total. The first-order valence-corrected chi connectivity index (χ1v) is 6.15. The highest BCUT2D eigenvalue weighted by molar-refractivity contribution is 5.14. The molecule has 0 aromatic heterocycles. The van der Waals surface area contributed by atoms with Gasteiger partial charge in [0.05, 0.1) is 0 Å². The molecule has 2 atom stereocenters. The molecule has 0 spiro atoms. The SMILES string of the molecule is CCN(Cc1ccccc1)CC(C)C(C)N. The Hall–Kier alpha value is -0.860. The topological polar surface area (TPSA) is 29.3 Å². The van der Waals surface area contributed by atoms with E-state index in [1.165, 1.54) is 5.56 Å². The zero-order valence-electron chi connectivity index (χ0n) is 10.7. The summed E-state index contributed by atoms with van der Waals surface area (Å²) >= 11 is 0. The van der Waals surface area contributed by atoms with Crippen molar-refractivity contribution >= 4 is 0 Å². The lowest BCUT2D eigenvalue weighted by molar-refractivity contribution is 0.228. The highest BCUT2D eigenvalue weighted by atomic mass is 15.1. The van der Waals surface area contributed by atoms with Crippen molar-refractivity contribution in [3.05, 3.63) is 35.9 Å². The van der Waals surface area contributed by atoms with Gasteiger partial charge in [0.1, 0.15) is 0 Å². The first-order valence-electron chi connectivity index (χ1n) is 6.15.